The molecule has 128 valence electrons. The van der Waals surface area contributed by atoms with Gasteiger partial charge in [-0.3, -0.25) is 4.79 Å². The summed E-state index contributed by atoms with van der Waals surface area (Å²) >= 11 is 0. The molecule has 2 fully saturated rings. The van der Waals surface area contributed by atoms with E-state index < -0.39 is 0 Å². The molecule has 5 heteroatoms. The Morgan fingerprint density at radius 3 is 2.17 bits per heavy atom. The molecule has 3 N–H and O–H groups in total. The zero-order chi connectivity index (χ0) is 16.7. The Bertz CT molecular complexity index is 461. The third-order valence-electron chi connectivity index (χ3n) is 5.38. The van der Waals surface area contributed by atoms with Crippen molar-refractivity contribution in [3.05, 3.63) is 35.9 Å². The maximum absolute atomic E-state index is 9.41. The van der Waals surface area contributed by atoms with Gasteiger partial charge >= 0.3 is 0 Å². The van der Waals surface area contributed by atoms with Gasteiger partial charge in [-0.05, 0) is 43.2 Å². The fourth-order valence-corrected chi connectivity index (χ4v) is 3.93. The van der Waals surface area contributed by atoms with Crippen molar-refractivity contribution in [1.29, 1.82) is 0 Å². The number of hydrogen-bond donors (Lipinski definition) is 3. The van der Waals surface area contributed by atoms with Crippen molar-refractivity contribution in [2.75, 3.05) is 32.8 Å². The Morgan fingerprint density at radius 1 is 1.09 bits per heavy atom. The molecule has 1 saturated heterocycles. The minimum absolute atomic E-state index is 0.138. The average molecular weight is 321 g/mol. The number of fused-ring (bicyclic) bond motifs is 1. The van der Waals surface area contributed by atoms with E-state index >= 15 is 0 Å². The van der Waals surface area contributed by atoms with Crippen LogP contribution in [0.3, 0.4) is 0 Å². The minimum Gasteiger partial charge on any atom is -0.483 e. The number of aliphatic hydroxyl groups is 2. The predicted octanol–water partition coefficient (Wildman–Crippen LogP) is 1.24. The lowest BCUT2D eigenvalue weighted by Crippen LogP contribution is -2.32. The molecule has 1 aliphatic carbocycles. The molecule has 3 rings (SSSR count). The molecule has 1 aliphatic heterocycles. The fourth-order valence-electron chi connectivity index (χ4n) is 3.93. The molecule has 0 amide bonds. The van der Waals surface area contributed by atoms with Gasteiger partial charge < -0.3 is 20.2 Å². The lowest BCUT2D eigenvalue weighted by molar-refractivity contribution is -0.122. The number of piperidine rings is 1. The first-order valence-electron chi connectivity index (χ1n) is 8.27. The SMILES string of the molecule is O=CO.OCC1(CO)C2CN(CCCCc3ccccc3)CC21. The van der Waals surface area contributed by atoms with Crippen LogP contribution >= 0.6 is 0 Å². The summed E-state index contributed by atoms with van der Waals surface area (Å²) in [4.78, 5) is 10.9. The molecule has 1 heterocycles. The highest BCUT2D eigenvalue weighted by Crippen LogP contribution is 2.61. The summed E-state index contributed by atoms with van der Waals surface area (Å²) in [6.07, 6.45) is 3.64. The first kappa shape index (κ1) is 17.9. The first-order chi connectivity index (χ1) is 11.2. The largest absolute Gasteiger partial charge is 0.483 e. The number of carboxylic acid groups (broad SMARTS) is 1. The van der Waals surface area contributed by atoms with E-state index in [4.69, 9.17) is 9.90 Å². The summed E-state index contributed by atoms with van der Waals surface area (Å²) in [6, 6.07) is 10.7. The number of carbonyl (C=O) groups is 1. The van der Waals surface area contributed by atoms with Crippen LogP contribution in [-0.2, 0) is 11.2 Å². The summed E-state index contributed by atoms with van der Waals surface area (Å²) in [5.41, 5.74) is 1.29. The number of rotatable bonds is 7. The third-order valence-corrected chi connectivity index (χ3v) is 5.38. The van der Waals surface area contributed by atoms with E-state index in [1.54, 1.807) is 0 Å². The molecule has 2 atom stereocenters. The number of aryl methyl sites for hydroxylation is 1. The molecule has 2 unspecified atom stereocenters. The number of nitrogens with zero attached hydrogens (tertiary/aromatic N) is 1. The third kappa shape index (κ3) is 4.10. The van der Waals surface area contributed by atoms with Crippen LogP contribution in [-0.4, -0.2) is 59.5 Å². The molecule has 0 aromatic heterocycles. The maximum Gasteiger partial charge on any atom is 0.290 e. The van der Waals surface area contributed by atoms with Gasteiger partial charge in [0.05, 0.1) is 13.2 Å². The van der Waals surface area contributed by atoms with Crippen molar-refractivity contribution < 1.29 is 20.1 Å². The van der Waals surface area contributed by atoms with E-state index in [0.29, 0.717) is 11.8 Å². The normalized spacial score (nSPS) is 24.4. The molecule has 5 nitrogen and oxygen atoms in total. The van der Waals surface area contributed by atoms with Gasteiger partial charge in [0.1, 0.15) is 0 Å². The molecule has 0 radical (unpaired) electrons. The zero-order valence-electron chi connectivity index (χ0n) is 13.5. The van der Waals surface area contributed by atoms with Crippen molar-refractivity contribution in [1.82, 2.24) is 4.90 Å². The summed E-state index contributed by atoms with van der Waals surface area (Å²) in [7, 11) is 0. The molecular formula is C18H27NO4. The van der Waals surface area contributed by atoms with Crippen molar-refractivity contribution in [3.8, 4) is 0 Å². The van der Waals surface area contributed by atoms with E-state index in [9.17, 15) is 10.2 Å². The van der Waals surface area contributed by atoms with Crippen LogP contribution in [0.5, 0.6) is 0 Å². The second-order valence-corrected chi connectivity index (χ2v) is 6.57. The second-order valence-electron chi connectivity index (χ2n) is 6.57. The van der Waals surface area contributed by atoms with Gasteiger partial charge in [-0.15, -0.1) is 0 Å². The Balaban J connectivity index is 0.000000595. The molecule has 1 aromatic rings. The van der Waals surface area contributed by atoms with Crippen molar-refractivity contribution in [3.63, 3.8) is 0 Å². The van der Waals surface area contributed by atoms with Crippen molar-refractivity contribution >= 4 is 6.47 Å². The summed E-state index contributed by atoms with van der Waals surface area (Å²) in [5.74, 6) is 1.07. The highest BCUT2D eigenvalue weighted by molar-refractivity contribution is 5.32. The number of unbranched alkanes of at least 4 members (excludes halogenated alkanes) is 1. The molecular weight excluding hydrogens is 294 g/mol. The van der Waals surface area contributed by atoms with Crippen LogP contribution in [0.1, 0.15) is 18.4 Å². The highest BCUT2D eigenvalue weighted by atomic mass is 16.3. The summed E-state index contributed by atoms with van der Waals surface area (Å²) in [6.45, 7) is 3.35. The fraction of sp³-hybridized carbons (Fsp3) is 0.611. The van der Waals surface area contributed by atoms with E-state index in [1.165, 1.54) is 24.8 Å². The number of likely N-dealkylation sites (tertiary alicyclic amines) is 1. The van der Waals surface area contributed by atoms with Crippen LogP contribution in [0.15, 0.2) is 30.3 Å². The Kier molecular flexibility index (Phi) is 6.57. The Labute approximate surface area is 137 Å². The molecule has 1 saturated carbocycles. The van der Waals surface area contributed by atoms with Crippen LogP contribution in [0, 0.1) is 17.3 Å². The standard InChI is InChI=1S/C17H25NO2.CH2O2/c19-12-17(13-20)15-10-18(11-16(15)17)9-5-4-8-14-6-2-1-3-7-14;2-1-3/h1-3,6-7,15-16,19-20H,4-5,8-13H2;1H,(H,2,3). The number of benzene rings is 1. The van der Waals surface area contributed by atoms with Gasteiger partial charge in [0.15, 0.2) is 0 Å². The maximum atomic E-state index is 9.41. The lowest BCUT2D eigenvalue weighted by atomic mass is 10.0. The number of aliphatic hydroxyl groups excluding tert-OH is 2. The van der Waals surface area contributed by atoms with E-state index in [0.717, 1.165) is 19.6 Å². The van der Waals surface area contributed by atoms with E-state index in [-0.39, 0.29) is 25.1 Å². The predicted molar refractivity (Wildman–Crippen MR) is 88.1 cm³/mol. The molecule has 0 spiro atoms. The van der Waals surface area contributed by atoms with Gasteiger partial charge in [-0.25, -0.2) is 0 Å². The monoisotopic (exact) mass is 321 g/mol. The van der Waals surface area contributed by atoms with Gasteiger partial charge in [-0.2, -0.15) is 0 Å². The van der Waals surface area contributed by atoms with Gasteiger partial charge in [-0.1, -0.05) is 30.3 Å². The zero-order valence-corrected chi connectivity index (χ0v) is 13.5. The van der Waals surface area contributed by atoms with Gasteiger partial charge in [0.2, 0.25) is 0 Å². The molecule has 0 bridgehead atoms. The smallest absolute Gasteiger partial charge is 0.290 e. The first-order valence-corrected chi connectivity index (χ1v) is 8.27. The molecule has 23 heavy (non-hydrogen) atoms. The van der Waals surface area contributed by atoms with Crippen molar-refractivity contribution in [2.45, 2.75) is 19.3 Å². The van der Waals surface area contributed by atoms with Gasteiger partial charge in [0, 0.05) is 18.5 Å². The number of hydrogen-bond acceptors (Lipinski definition) is 4. The minimum atomic E-state index is -0.250. The van der Waals surface area contributed by atoms with Crippen LogP contribution in [0.2, 0.25) is 0 Å². The quantitative estimate of drug-likeness (QED) is 0.520. The van der Waals surface area contributed by atoms with E-state index in [1.807, 2.05) is 0 Å². The van der Waals surface area contributed by atoms with Crippen molar-refractivity contribution in [2.24, 2.45) is 17.3 Å². The lowest BCUT2D eigenvalue weighted by Gasteiger charge is -2.23. The Morgan fingerprint density at radius 2 is 1.65 bits per heavy atom. The van der Waals surface area contributed by atoms with Crippen LogP contribution < -0.4 is 0 Å². The summed E-state index contributed by atoms with van der Waals surface area (Å²) in [5, 5.41) is 25.7. The summed E-state index contributed by atoms with van der Waals surface area (Å²) < 4.78 is 0. The van der Waals surface area contributed by atoms with E-state index in [2.05, 4.69) is 35.2 Å². The second kappa shape index (κ2) is 8.43. The topological polar surface area (TPSA) is 81.0 Å². The van der Waals surface area contributed by atoms with Crippen LogP contribution in [0.4, 0.5) is 0 Å². The molecule has 2 aliphatic rings. The molecule has 1 aromatic carbocycles. The average Bonchev–Trinajstić information content (AvgIpc) is 2.95. The Hall–Kier alpha value is -1.43. The van der Waals surface area contributed by atoms with Gasteiger partial charge in [0.25, 0.3) is 6.47 Å². The highest BCUT2D eigenvalue weighted by Gasteiger charge is 2.67. The van der Waals surface area contributed by atoms with Crippen LogP contribution in [0.25, 0.3) is 0 Å².